The van der Waals surface area contributed by atoms with E-state index in [1.54, 1.807) is 6.07 Å². The number of hydrogen-bond acceptors (Lipinski definition) is 0. The Bertz CT molecular complexity index is 1180. The lowest BCUT2D eigenvalue weighted by Crippen LogP contribution is -2.13. The summed E-state index contributed by atoms with van der Waals surface area (Å²) in [5.74, 6) is -4.36. The monoisotopic (exact) mass is 488 g/mol. The van der Waals surface area contributed by atoms with Gasteiger partial charge in [0.25, 0.3) is 0 Å². The summed E-state index contributed by atoms with van der Waals surface area (Å²) in [4.78, 5) is 0. The molecule has 0 aliphatic heterocycles. The van der Waals surface area contributed by atoms with Crippen LogP contribution < -0.4 is 0 Å². The summed E-state index contributed by atoms with van der Waals surface area (Å²) >= 11 is 0. The van der Waals surface area contributed by atoms with Gasteiger partial charge in [0.05, 0.1) is 11.1 Å². The molecule has 0 nitrogen and oxygen atoms in total. The first-order valence-electron chi connectivity index (χ1n) is 11.8. The third-order valence-corrected chi connectivity index (χ3v) is 7.01. The number of halogens is 6. The van der Waals surface area contributed by atoms with E-state index in [1.165, 1.54) is 12.1 Å². The molecule has 1 aliphatic rings. The van der Waals surface area contributed by atoms with Crippen LogP contribution in [0, 0.1) is 35.0 Å². The molecule has 0 N–H and O–H groups in total. The molecule has 3 aromatic rings. The van der Waals surface area contributed by atoms with E-state index in [4.69, 9.17) is 0 Å². The Hall–Kier alpha value is -3.02. The molecule has 0 unspecified atom stereocenters. The summed E-state index contributed by atoms with van der Waals surface area (Å²) < 4.78 is 85.4. The van der Waals surface area contributed by atoms with Crippen LogP contribution in [-0.4, -0.2) is 0 Å². The van der Waals surface area contributed by atoms with Crippen molar-refractivity contribution in [3.63, 3.8) is 0 Å². The van der Waals surface area contributed by atoms with Gasteiger partial charge < -0.3 is 0 Å². The second-order valence-electron chi connectivity index (χ2n) is 9.19. The lowest BCUT2D eigenvalue weighted by Gasteiger charge is -2.28. The summed E-state index contributed by atoms with van der Waals surface area (Å²) in [7, 11) is 0. The largest absolute Gasteiger partial charge is 0.246 e. The minimum atomic E-state index is -1.38. The molecule has 0 bridgehead atoms. The molecule has 0 radical (unpaired) electrons. The highest BCUT2D eigenvalue weighted by Crippen LogP contribution is 2.39. The maximum atomic E-state index is 15.0. The van der Waals surface area contributed by atoms with Gasteiger partial charge in [-0.15, -0.1) is 6.58 Å². The molecule has 35 heavy (non-hydrogen) atoms. The third-order valence-electron chi connectivity index (χ3n) is 7.01. The van der Waals surface area contributed by atoms with Gasteiger partial charge in [-0.3, -0.25) is 0 Å². The van der Waals surface area contributed by atoms with Crippen LogP contribution in [0.2, 0.25) is 0 Å². The minimum absolute atomic E-state index is 0.0257. The van der Waals surface area contributed by atoms with Crippen LogP contribution in [0.1, 0.15) is 55.6 Å². The van der Waals surface area contributed by atoms with Gasteiger partial charge in [0, 0.05) is 5.56 Å². The van der Waals surface area contributed by atoms with Gasteiger partial charge in [-0.25, -0.2) is 26.3 Å². The number of benzene rings is 3. The van der Waals surface area contributed by atoms with E-state index in [2.05, 4.69) is 6.58 Å². The van der Waals surface area contributed by atoms with Crippen molar-refractivity contribution in [2.75, 3.05) is 0 Å². The van der Waals surface area contributed by atoms with E-state index in [0.29, 0.717) is 18.1 Å². The predicted molar refractivity (Wildman–Crippen MR) is 126 cm³/mol. The molecule has 0 aromatic heterocycles. The molecular formula is C29H26F6. The number of hydrogen-bond donors (Lipinski definition) is 0. The van der Waals surface area contributed by atoms with Crippen molar-refractivity contribution in [1.29, 1.82) is 0 Å². The first-order valence-corrected chi connectivity index (χ1v) is 11.8. The van der Waals surface area contributed by atoms with Gasteiger partial charge in [-0.1, -0.05) is 18.2 Å². The summed E-state index contributed by atoms with van der Waals surface area (Å²) in [6.07, 6.45) is 8.13. The first-order chi connectivity index (χ1) is 16.8. The first kappa shape index (κ1) is 25.1. The van der Waals surface area contributed by atoms with Gasteiger partial charge in [0.2, 0.25) is 0 Å². The van der Waals surface area contributed by atoms with Crippen LogP contribution in [0.15, 0.2) is 55.1 Å². The van der Waals surface area contributed by atoms with E-state index in [9.17, 15) is 22.0 Å². The van der Waals surface area contributed by atoms with Crippen LogP contribution in [0.25, 0.3) is 22.3 Å². The molecule has 3 aromatic carbocycles. The lowest BCUT2D eigenvalue weighted by atomic mass is 9.77. The highest BCUT2D eigenvalue weighted by molar-refractivity contribution is 5.72. The second kappa shape index (κ2) is 10.7. The van der Waals surface area contributed by atoms with Crippen LogP contribution in [0.5, 0.6) is 0 Å². The van der Waals surface area contributed by atoms with Crippen LogP contribution >= 0.6 is 0 Å². The smallest absolute Gasteiger partial charge is 0.134 e. The Morgan fingerprint density at radius 2 is 1.34 bits per heavy atom. The fourth-order valence-corrected chi connectivity index (χ4v) is 5.04. The van der Waals surface area contributed by atoms with Gasteiger partial charge in [0.1, 0.15) is 35.8 Å². The standard InChI is InChI=1S/C29H26F6/c1-2-3-4-17-5-7-18(8-6-17)19-9-10-22(24(31)11-19)20-12-27(34)29(28(35)13-20)21-14-25(32)23(16-30)26(33)15-21/h2,9-15,17-18H,1,3-8,16H2. The molecule has 184 valence electrons. The average molecular weight is 489 g/mol. The van der Waals surface area contributed by atoms with Crippen molar-refractivity contribution in [1.82, 2.24) is 0 Å². The van der Waals surface area contributed by atoms with Crippen molar-refractivity contribution >= 4 is 0 Å². The molecule has 0 spiro atoms. The molecule has 1 aliphatic carbocycles. The van der Waals surface area contributed by atoms with Gasteiger partial charge in [-0.2, -0.15) is 0 Å². The molecule has 0 saturated heterocycles. The fourth-order valence-electron chi connectivity index (χ4n) is 5.04. The van der Waals surface area contributed by atoms with Crippen molar-refractivity contribution in [2.45, 2.75) is 51.1 Å². The van der Waals surface area contributed by atoms with E-state index in [0.717, 1.165) is 56.2 Å². The Morgan fingerprint density at radius 3 is 1.89 bits per heavy atom. The fraction of sp³-hybridized carbons (Fsp3) is 0.310. The van der Waals surface area contributed by atoms with Gasteiger partial charge in [0.15, 0.2) is 0 Å². The zero-order valence-electron chi connectivity index (χ0n) is 19.2. The molecule has 0 amide bonds. The maximum absolute atomic E-state index is 15.0. The van der Waals surface area contributed by atoms with Crippen LogP contribution in [0.4, 0.5) is 26.3 Å². The highest BCUT2D eigenvalue weighted by Gasteiger charge is 2.24. The van der Waals surface area contributed by atoms with E-state index < -0.39 is 52.5 Å². The normalized spacial score (nSPS) is 18.0. The topological polar surface area (TPSA) is 0 Å². The Kier molecular flexibility index (Phi) is 7.68. The number of rotatable bonds is 7. The van der Waals surface area contributed by atoms with Crippen LogP contribution in [0.3, 0.4) is 0 Å². The quantitative estimate of drug-likeness (QED) is 0.230. The predicted octanol–water partition coefficient (Wildman–Crippen LogP) is 9.43. The highest BCUT2D eigenvalue weighted by atomic mass is 19.2. The molecule has 1 fully saturated rings. The zero-order valence-corrected chi connectivity index (χ0v) is 19.2. The Balaban J connectivity index is 1.58. The van der Waals surface area contributed by atoms with Crippen molar-refractivity contribution in [3.05, 3.63) is 95.3 Å². The lowest BCUT2D eigenvalue weighted by molar-refractivity contribution is 0.311. The minimum Gasteiger partial charge on any atom is -0.246 e. The van der Waals surface area contributed by atoms with E-state index in [1.807, 2.05) is 6.08 Å². The zero-order chi connectivity index (χ0) is 25.1. The van der Waals surface area contributed by atoms with Gasteiger partial charge >= 0.3 is 0 Å². The molecule has 6 heteroatoms. The van der Waals surface area contributed by atoms with Crippen molar-refractivity contribution < 1.29 is 26.3 Å². The number of allylic oxidation sites excluding steroid dienone is 1. The summed E-state index contributed by atoms with van der Waals surface area (Å²) in [5.41, 5.74) is -1.01. The SMILES string of the molecule is C=CCCC1CCC(c2ccc(-c3cc(F)c(-c4cc(F)c(CF)c(F)c4)c(F)c3)c(F)c2)CC1. The van der Waals surface area contributed by atoms with Gasteiger partial charge in [-0.05, 0) is 97.4 Å². The molecular weight excluding hydrogens is 462 g/mol. The Labute approximate surface area is 201 Å². The van der Waals surface area contributed by atoms with Crippen molar-refractivity contribution in [3.8, 4) is 22.3 Å². The molecule has 4 rings (SSSR count). The molecule has 0 heterocycles. The van der Waals surface area contributed by atoms with E-state index in [-0.39, 0.29) is 17.0 Å². The molecule has 1 saturated carbocycles. The molecule has 0 atom stereocenters. The summed E-state index contributed by atoms with van der Waals surface area (Å²) in [6.45, 7) is 2.38. The Morgan fingerprint density at radius 1 is 0.743 bits per heavy atom. The second-order valence-corrected chi connectivity index (χ2v) is 9.19. The summed E-state index contributed by atoms with van der Waals surface area (Å²) in [5, 5.41) is 0. The van der Waals surface area contributed by atoms with E-state index >= 15 is 4.39 Å². The number of alkyl halides is 1. The van der Waals surface area contributed by atoms with Crippen molar-refractivity contribution in [2.24, 2.45) is 5.92 Å². The summed E-state index contributed by atoms with van der Waals surface area (Å²) in [6, 6.07) is 7.95. The van der Waals surface area contributed by atoms with Crippen LogP contribution in [-0.2, 0) is 6.67 Å². The third kappa shape index (κ3) is 5.31. The maximum Gasteiger partial charge on any atom is 0.134 e. The average Bonchev–Trinajstić information content (AvgIpc) is 2.82.